The van der Waals surface area contributed by atoms with Gasteiger partial charge in [-0.25, -0.2) is 0 Å². The van der Waals surface area contributed by atoms with Crippen LogP contribution in [0.3, 0.4) is 0 Å². The van der Waals surface area contributed by atoms with Crippen molar-refractivity contribution in [3.63, 3.8) is 0 Å². The van der Waals surface area contributed by atoms with Crippen molar-refractivity contribution in [2.45, 2.75) is 25.9 Å². The molecule has 0 bridgehead atoms. The summed E-state index contributed by atoms with van der Waals surface area (Å²) in [5.74, 6) is 0.771. The van der Waals surface area contributed by atoms with E-state index in [1.807, 2.05) is 36.4 Å². The minimum atomic E-state index is 0.216. The van der Waals surface area contributed by atoms with E-state index in [0.29, 0.717) is 35.2 Å². The van der Waals surface area contributed by atoms with Gasteiger partial charge in [-0.1, -0.05) is 59.6 Å². The number of hydrogen-bond acceptors (Lipinski definition) is 3. The Morgan fingerprint density at radius 2 is 1.70 bits per heavy atom. The lowest BCUT2D eigenvalue weighted by atomic mass is 10.0. The monoisotopic (exact) mass is 399 g/mol. The van der Waals surface area contributed by atoms with Gasteiger partial charge in [-0.15, -0.1) is 0 Å². The normalized spacial score (nSPS) is 10.6. The van der Waals surface area contributed by atoms with E-state index in [0.717, 1.165) is 23.1 Å². The molecule has 0 radical (unpaired) electrons. The summed E-state index contributed by atoms with van der Waals surface area (Å²) in [7, 11) is 0. The van der Waals surface area contributed by atoms with Gasteiger partial charge in [0, 0.05) is 25.2 Å². The maximum atomic E-state index is 12.2. The Kier molecular flexibility index (Phi) is 6.86. The third-order valence-corrected chi connectivity index (χ3v) is 4.95. The van der Waals surface area contributed by atoms with Gasteiger partial charge in [0.25, 0.3) is 0 Å². The van der Waals surface area contributed by atoms with E-state index in [2.05, 4.69) is 4.98 Å². The molecule has 1 heterocycles. The van der Waals surface area contributed by atoms with E-state index in [-0.39, 0.29) is 5.78 Å². The van der Waals surface area contributed by atoms with Gasteiger partial charge in [0.2, 0.25) is 0 Å². The third kappa shape index (κ3) is 5.81. The van der Waals surface area contributed by atoms with Crippen LogP contribution in [0, 0.1) is 0 Å². The highest BCUT2D eigenvalue weighted by molar-refractivity contribution is 6.42. The summed E-state index contributed by atoms with van der Waals surface area (Å²) in [4.78, 5) is 16.2. The molecule has 3 rings (SSSR count). The van der Waals surface area contributed by atoms with Crippen LogP contribution in [0.5, 0.6) is 5.75 Å². The van der Waals surface area contributed by atoms with Gasteiger partial charge >= 0.3 is 0 Å². The SMILES string of the molecule is O=C(CCc1cccnc1)Cc1ccc(COc2cccc(Cl)c2Cl)cc1. The molecule has 1 aromatic heterocycles. The first kappa shape index (κ1) is 19.4. The predicted octanol–water partition coefficient (Wildman–Crippen LogP) is 5.71. The molecule has 0 spiro atoms. The van der Waals surface area contributed by atoms with Crippen LogP contribution in [-0.4, -0.2) is 10.8 Å². The maximum Gasteiger partial charge on any atom is 0.139 e. The summed E-state index contributed by atoms with van der Waals surface area (Å²) in [6.07, 6.45) is 5.20. The Bertz CT molecular complexity index is 896. The van der Waals surface area contributed by atoms with Crippen molar-refractivity contribution in [3.05, 3.63) is 93.7 Å². The number of carbonyl (C=O) groups is 1. The van der Waals surface area contributed by atoms with Crippen molar-refractivity contribution in [1.29, 1.82) is 0 Å². The number of aryl methyl sites for hydroxylation is 1. The predicted molar refractivity (Wildman–Crippen MR) is 109 cm³/mol. The average molecular weight is 400 g/mol. The van der Waals surface area contributed by atoms with E-state index in [9.17, 15) is 4.79 Å². The molecule has 0 amide bonds. The van der Waals surface area contributed by atoms with Crippen LogP contribution in [0.15, 0.2) is 67.0 Å². The second kappa shape index (κ2) is 9.54. The number of ketones is 1. The number of hydrogen-bond donors (Lipinski definition) is 0. The Morgan fingerprint density at radius 3 is 2.44 bits per heavy atom. The standard InChI is InChI=1S/C22H19Cl2NO2/c23-20-4-1-5-21(22(20)24)27-15-18-8-6-16(7-9-18)13-19(26)11-10-17-3-2-12-25-14-17/h1-9,12,14H,10-11,13,15H2. The van der Waals surface area contributed by atoms with Crippen LogP contribution in [0.4, 0.5) is 0 Å². The number of Topliss-reactive ketones (excluding diaryl/α,β-unsaturated/α-hetero) is 1. The first-order valence-corrected chi connectivity index (χ1v) is 9.42. The van der Waals surface area contributed by atoms with Crippen LogP contribution in [0.2, 0.25) is 10.0 Å². The van der Waals surface area contributed by atoms with Crippen LogP contribution in [0.1, 0.15) is 23.1 Å². The number of pyridine rings is 1. The molecule has 3 aromatic rings. The quantitative estimate of drug-likeness (QED) is 0.486. The lowest BCUT2D eigenvalue weighted by Gasteiger charge is -2.09. The minimum Gasteiger partial charge on any atom is -0.487 e. The topological polar surface area (TPSA) is 39.2 Å². The molecule has 138 valence electrons. The van der Waals surface area contributed by atoms with Gasteiger partial charge in [0.1, 0.15) is 23.2 Å². The largest absolute Gasteiger partial charge is 0.487 e. The zero-order valence-electron chi connectivity index (χ0n) is 14.7. The van der Waals surface area contributed by atoms with Gasteiger partial charge in [0.05, 0.1) is 5.02 Å². The van der Waals surface area contributed by atoms with Crippen LogP contribution < -0.4 is 4.74 Å². The third-order valence-electron chi connectivity index (χ3n) is 4.15. The molecule has 0 saturated carbocycles. The number of nitrogens with zero attached hydrogens (tertiary/aromatic N) is 1. The summed E-state index contributed by atoms with van der Waals surface area (Å²) in [6.45, 7) is 0.384. The summed E-state index contributed by atoms with van der Waals surface area (Å²) in [5.41, 5.74) is 3.08. The molecule has 0 saturated heterocycles. The van der Waals surface area contributed by atoms with Gasteiger partial charge in [-0.05, 0) is 41.3 Å². The van der Waals surface area contributed by atoms with Crippen molar-refractivity contribution in [2.24, 2.45) is 0 Å². The fourth-order valence-electron chi connectivity index (χ4n) is 2.66. The number of aromatic nitrogens is 1. The van der Waals surface area contributed by atoms with Crippen molar-refractivity contribution < 1.29 is 9.53 Å². The minimum absolute atomic E-state index is 0.216. The first-order valence-electron chi connectivity index (χ1n) is 8.67. The fraction of sp³-hybridized carbons (Fsp3) is 0.182. The van der Waals surface area contributed by atoms with Gasteiger partial charge in [-0.3, -0.25) is 9.78 Å². The number of ether oxygens (including phenoxy) is 1. The molecule has 0 aliphatic rings. The Hall–Kier alpha value is -2.36. The second-order valence-corrected chi connectivity index (χ2v) is 7.02. The van der Waals surface area contributed by atoms with Crippen molar-refractivity contribution >= 4 is 29.0 Å². The molecule has 0 fully saturated rings. The molecule has 27 heavy (non-hydrogen) atoms. The number of rotatable bonds is 8. The summed E-state index contributed by atoms with van der Waals surface area (Å²) in [5, 5.41) is 0.879. The van der Waals surface area contributed by atoms with Gasteiger partial charge < -0.3 is 4.74 Å². The lowest BCUT2D eigenvalue weighted by Crippen LogP contribution is -2.05. The molecule has 0 unspecified atom stereocenters. The van der Waals surface area contributed by atoms with Crippen LogP contribution in [0.25, 0.3) is 0 Å². The maximum absolute atomic E-state index is 12.2. The van der Waals surface area contributed by atoms with E-state index in [1.165, 1.54) is 0 Å². The van der Waals surface area contributed by atoms with E-state index in [1.54, 1.807) is 30.6 Å². The highest BCUT2D eigenvalue weighted by atomic mass is 35.5. The second-order valence-electron chi connectivity index (χ2n) is 6.23. The summed E-state index contributed by atoms with van der Waals surface area (Å²) in [6, 6.07) is 17.0. The van der Waals surface area contributed by atoms with Gasteiger partial charge in [-0.2, -0.15) is 0 Å². The molecule has 0 N–H and O–H groups in total. The average Bonchev–Trinajstić information content (AvgIpc) is 2.69. The zero-order chi connectivity index (χ0) is 19.1. The van der Waals surface area contributed by atoms with E-state index in [4.69, 9.17) is 27.9 Å². The molecule has 0 atom stereocenters. The molecular formula is C22H19Cl2NO2. The molecule has 0 aliphatic carbocycles. The molecule has 0 aliphatic heterocycles. The fourth-order valence-corrected chi connectivity index (χ4v) is 3.00. The Labute approximate surface area is 168 Å². The Balaban J connectivity index is 1.49. The highest BCUT2D eigenvalue weighted by Gasteiger charge is 2.07. The smallest absolute Gasteiger partial charge is 0.139 e. The number of carbonyl (C=O) groups excluding carboxylic acids is 1. The number of benzene rings is 2. The van der Waals surface area contributed by atoms with E-state index >= 15 is 0 Å². The van der Waals surface area contributed by atoms with Crippen LogP contribution in [-0.2, 0) is 24.2 Å². The van der Waals surface area contributed by atoms with Gasteiger partial charge in [0.15, 0.2) is 0 Å². The molecule has 5 heteroatoms. The van der Waals surface area contributed by atoms with Crippen LogP contribution >= 0.6 is 23.2 Å². The first-order chi connectivity index (χ1) is 13.1. The van der Waals surface area contributed by atoms with Crippen molar-refractivity contribution in [3.8, 4) is 5.75 Å². The molecule has 3 nitrogen and oxygen atoms in total. The summed E-state index contributed by atoms with van der Waals surface area (Å²) >= 11 is 12.1. The molecular weight excluding hydrogens is 381 g/mol. The Morgan fingerprint density at radius 1 is 0.926 bits per heavy atom. The summed E-state index contributed by atoms with van der Waals surface area (Å²) < 4.78 is 5.72. The number of halogens is 2. The highest BCUT2D eigenvalue weighted by Crippen LogP contribution is 2.31. The van der Waals surface area contributed by atoms with Crippen molar-refractivity contribution in [1.82, 2.24) is 4.98 Å². The van der Waals surface area contributed by atoms with Crippen molar-refractivity contribution in [2.75, 3.05) is 0 Å². The zero-order valence-corrected chi connectivity index (χ0v) is 16.2. The lowest BCUT2D eigenvalue weighted by molar-refractivity contribution is -0.118. The van der Waals surface area contributed by atoms with E-state index < -0.39 is 0 Å². The molecule has 2 aromatic carbocycles.